The van der Waals surface area contributed by atoms with E-state index in [4.69, 9.17) is 9.47 Å². The zero-order chi connectivity index (χ0) is 21.0. The van der Waals surface area contributed by atoms with Crippen molar-refractivity contribution in [1.29, 1.82) is 0 Å². The Morgan fingerprint density at radius 3 is 2.45 bits per heavy atom. The Balaban J connectivity index is 1.86. The Morgan fingerprint density at radius 2 is 1.83 bits per heavy atom. The van der Waals surface area contributed by atoms with Crippen molar-refractivity contribution in [1.82, 2.24) is 9.80 Å². The third kappa shape index (κ3) is 5.67. The highest BCUT2D eigenvalue weighted by molar-refractivity contribution is 8.00. The van der Waals surface area contributed by atoms with Gasteiger partial charge in [0, 0.05) is 38.4 Å². The minimum Gasteiger partial charge on any atom is -0.451 e. The molecule has 0 aromatic rings. The van der Waals surface area contributed by atoms with Gasteiger partial charge in [0.15, 0.2) is 6.10 Å². The minimum atomic E-state index is -0.658. The van der Waals surface area contributed by atoms with Crippen LogP contribution in [0.5, 0.6) is 0 Å². The number of methoxy groups -OCH3 is 1. The maximum Gasteiger partial charge on any atom is 0.303 e. The Labute approximate surface area is 180 Å². The molecule has 3 fully saturated rings. The fourth-order valence-electron chi connectivity index (χ4n) is 5.22. The molecule has 166 valence electrons. The summed E-state index contributed by atoms with van der Waals surface area (Å²) < 4.78 is 11.3. The lowest BCUT2D eigenvalue weighted by molar-refractivity contribution is -0.160. The maximum absolute atomic E-state index is 13.7. The topological polar surface area (TPSA) is 59.1 Å². The van der Waals surface area contributed by atoms with Crippen molar-refractivity contribution in [2.45, 2.75) is 87.0 Å². The molecule has 0 bridgehead atoms. The number of nitrogens with zero attached hydrogens (tertiary/aromatic N) is 2. The van der Waals surface area contributed by atoms with Crippen molar-refractivity contribution in [3.63, 3.8) is 0 Å². The van der Waals surface area contributed by atoms with Crippen LogP contribution in [0.3, 0.4) is 0 Å². The quantitative estimate of drug-likeness (QED) is 0.609. The summed E-state index contributed by atoms with van der Waals surface area (Å²) in [6.45, 7) is 2.96. The third-order valence-corrected chi connectivity index (χ3v) is 8.67. The average Bonchev–Trinajstić information content (AvgIpc) is 2.81. The van der Waals surface area contributed by atoms with Crippen LogP contribution in [0, 0.1) is 5.92 Å². The van der Waals surface area contributed by atoms with E-state index in [0.29, 0.717) is 23.8 Å². The van der Waals surface area contributed by atoms with Gasteiger partial charge in [0.2, 0.25) is 0 Å². The van der Waals surface area contributed by atoms with Gasteiger partial charge in [-0.3, -0.25) is 9.59 Å². The third-order valence-electron chi connectivity index (χ3n) is 6.82. The van der Waals surface area contributed by atoms with Crippen molar-refractivity contribution < 1.29 is 19.1 Å². The molecule has 29 heavy (non-hydrogen) atoms. The molecule has 2 unspecified atom stereocenters. The first kappa shape index (κ1) is 22.9. The summed E-state index contributed by atoms with van der Waals surface area (Å²) in [5.41, 5.74) is 0. The molecular weight excluding hydrogens is 388 g/mol. The molecule has 1 saturated heterocycles. The predicted molar refractivity (Wildman–Crippen MR) is 116 cm³/mol. The molecule has 0 radical (unpaired) electrons. The Hall–Kier alpha value is -0.790. The average molecular weight is 427 g/mol. The second-order valence-electron chi connectivity index (χ2n) is 9.13. The van der Waals surface area contributed by atoms with Crippen LogP contribution < -0.4 is 0 Å². The molecule has 1 amide bonds. The largest absolute Gasteiger partial charge is 0.451 e. The van der Waals surface area contributed by atoms with Gasteiger partial charge in [0.1, 0.15) is 0 Å². The summed E-state index contributed by atoms with van der Waals surface area (Å²) in [5.74, 6) is 0.0795. The second kappa shape index (κ2) is 10.5. The molecule has 2 saturated carbocycles. The number of amides is 1. The number of carbonyl (C=O) groups is 2. The molecule has 4 atom stereocenters. The number of fused-ring (bicyclic) bond motifs is 1. The van der Waals surface area contributed by atoms with E-state index in [1.165, 1.54) is 19.8 Å². The van der Waals surface area contributed by atoms with E-state index in [2.05, 4.69) is 9.80 Å². The van der Waals surface area contributed by atoms with Crippen molar-refractivity contribution >= 4 is 23.6 Å². The number of hydrogen-bond acceptors (Lipinski definition) is 6. The predicted octanol–water partition coefficient (Wildman–Crippen LogP) is 2.94. The van der Waals surface area contributed by atoms with Crippen molar-refractivity contribution in [2.24, 2.45) is 5.92 Å². The maximum atomic E-state index is 13.7. The van der Waals surface area contributed by atoms with Crippen LogP contribution >= 0.6 is 11.8 Å². The van der Waals surface area contributed by atoms with Crippen LogP contribution in [0.2, 0.25) is 0 Å². The minimum absolute atomic E-state index is 0.0304. The van der Waals surface area contributed by atoms with Gasteiger partial charge in [0.25, 0.3) is 5.91 Å². The van der Waals surface area contributed by atoms with E-state index in [9.17, 15) is 9.59 Å². The van der Waals surface area contributed by atoms with Crippen molar-refractivity contribution in [2.75, 3.05) is 34.3 Å². The summed E-state index contributed by atoms with van der Waals surface area (Å²) >= 11 is 1.95. The lowest BCUT2D eigenvalue weighted by atomic mass is 9.83. The summed E-state index contributed by atoms with van der Waals surface area (Å²) in [6, 6.07) is 0.263. The summed E-state index contributed by atoms with van der Waals surface area (Å²) in [6.07, 6.45) is 8.41. The monoisotopic (exact) mass is 426 g/mol. The molecule has 0 spiro atoms. The second-order valence-corrected chi connectivity index (χ2v) is 10.6. The summed E-state index contributed by atoms with van der Waals surface area (Å²) in [5, 5.41) is 0.500. The molecule has 1 aliphatic heterocycles. The molecular formula is C22H38N2O4S. The molecule has 7 heteroatoms. The lowest BCUT2D eigenvalue weighted by Crippen LogP contribution is -2.52. The highest BCUT2D eigenvalue weighted by Crippen LogP contribution is 2.45. The number of rotatable bonds is 6. The van der Waals surface area contributed by atoms with Crippen LogP contribution in [0.1, 0.15) is 58.3 Å². The van der Waals surface area contributed by atoms with Gasteiger partial charge in [-0.05, 0) is 58.5 Å². The molecule has 0 aromatic carbocycles. The first-order valence-electron chi connectivity index (χ1n) is 11.2. The number of hydrogen-bond donors (Lipinski definition) is 0. The van der Waals surface area contributed by atoms with Crippen LogP contribution in [-0.2, 0) is 19.1 Å². The van der Waals surface area contributed by atoms with Crippen LogP contribution in [0.25, 0.3) is 0 Å². The van der Waals surface area contributed by atoms with Crippen LogP contribution in [0.4, 0.5) is 0 Å². The normalized spacial score (nSPS) is 35.9. The molecule has 0 N–H and O–H groups in total. The fraction of sp³-hybridized carbons (Fsp3) is 0.909. The van der Waals surface area contributed by atoms with E-state index < -0.39 is 6.10 Å². The summed E-state index contributed by atoms with van der Waals surface area (Å²) in [7, 11) is 5.86. The highest BCUT2D eigenvalue weighted by Gasteiger charge is 2.48. The van der Waals surface area contributed by atoms with Gasteiger partial charge in [-0.2, -0.15) is 0 Å². The molecule has 3 aliphatic rings. The van der Waals surface area contributed by atoms with E-state index in [1.807, 2.05) is 25.9 Å². The molecule has 2 aliphatic carbocycles. The number of carbonyl (C=O) groups excluding carboxylic acids is 2. The van der Waals surface area contributed by atoms with Gasteiger partial charge >= 0.3 is 5.97 Å². The number of likely N-dealkylation sites (N-methyl/N-ethyl adjacent to an activating group) is 1. The van der Waals surface area contributed by atoms with Crippen molar-refractivity contribution in [3.8, 4) is 0 Å². The lowest BCUT2D eigenvalue weighted by Gasteiger charge is -2.38. The molecule has 3 rings (SSSR count). The van der Waals surface area contributed by atoms with Gasteiger partial charge in [-0.1, -0.05) is 12.8 Å². The highest BCUT2D eigenvalue weighted by atomic mass is 32.2. The zero-order valence-electron chi connectivity index (χ0n) is 18.5. The Bertz CT molecular complexity index is 565. The Morgan fingerprint density at radius 1 is 1.14 bits per heavy atom. The van der Waals surface area contributed by atoms with Gasteiger partial charge < -0.3 is 19.3 Å². The fourth-order valence-corrected chi connectivity index (χ4v) is 7.20. The first-order chi connectivity index (χ1) is 13.9. The Kier molecular flexibility index (Phi) is 8.28. The van der Waals surface area contributed by atoms with Gasteiger partial charge in [-0.25, -0.2) is 0 Å². The van der Waals surface area contributed by atoms with Crippen molar-refractivity contribution in [3.05, 3.63) is 0 Å². The zero-order valence-corrected chi connectivity index (χ0v) is 19.3. The smallest absolute Gasteiger partial charge is 0.303 e. The molecule has 0 aromatic heterocycles. The van der Waals surface area contributed by atoms with Gasteiger partial charge in [0.05, 0.1) is 11.4 Å². The van der Waals surface area contributed by atoms with E-state index >= 15 is 0 Å². The van der Waals surface area contributed by atoms with E-state index in [1.54, 1.807) is 7.11 Å². The van der Waals surface area contributed by atoms with Gasteiger partial charge in [-0.15, -0.1) is 11.8 Å². The molecule has 1 heterocycles. The number of ether oxygens (including phenoxy) is 2. The molecule has 6 nitrogen and oxygen atoms in total. The number of esters is 1. The standard InChI is InChI=1S/C22H38N2O4S/c1-15(25)28-20-21(16-9-11-17(27-4)12-10-16)29-19-8-6-5-7-18(19)24(22(20)26)14-13-23(2)3/h16-21H,5-14H2,1-4H3/t16?,17?,18?,19?,20-,21+/m1/s1. The van der Waals surface area contributed by atoms with Crippen LogP contribution in [-0.4, -0.2) is 84.7 Å². The summed E-state index contributed by atoms with van der Waals surface area (Å²) in [4.78, 5) is 29.8. The van der Waals surface area contributed by atoms with Crippen LogP contribution in [0.15, 0.2) is 0 Å². The van der Waals surface area contributed by atoms with E-state index in [-0.39, 0.29) is 23.2 Å². The SMILES string of the molecule is COC1CCC([C@@H]2SC3CCCCC3N(CCN(C)C)C(=O)[C@@H]2OC(C)=O)CC1. The first-order valence-corrected chi connectivity index (χ1v) is 12.2. The van der Waals surface area contributed by atoms with E-state index in [0.717, 1.165) is 45.1 Å². The number of thioether (sulfide) groups is 1.